The number of aromatic nitrogens is 3. The van der Waals surface area contributed by atoms with Crippen LogP contribution in [-0.4, -0.2) is 82.0 Å². The molecule has 0 aliphatic carbocycles. The Morgan fingerprint density at radius 2 is 1.92 bits per heavy atom. The number of nitrogens with zero attached hydrogens (tertiary/aromatic N) is 5. The van der Waals surface area contributed by atoms with E-state index < -0.39 is 17.8 Å². The van der Waals surface area contributed by atoms with Gasteiger partial charge in [0.25, 0.3) is 0 Å². The highest BCUT2D eigenvalue weighted by molar-refractivity contribution is 7.18. The second-order valence-corrected chi connectivity index (χ2v) is 11.1. The van der Waals surface area contributed by atoms with Gasteiger partial charge in [0.15, 0.2) is 0 Å². The summed E-state index contributed by atoms with van der Waals surface area (Å²) in [6, 6.07) is 8.28. The Labute approximate surface area is 232 Å². The molecule has 5 rings (SSSR count). The Kier molecular flexibility index (Phi) is 8.38. The smallest absolute Gasteiger partial charge is 0.417 e. The largest absolute Gasteiger partial charge is 0.491 e. The lowest BCUT2D eigenvalue weighted by Gasteiger charge is -2.35. The highest BCUT2D eigenvalue weighted by atomic mass is 35.5. The predicted octanol–water partition coefficient (Wildman–Crippen LogP) is 4.93. The minimum absolute atomic E-state index is 0.135. The van der Waals surface area contributed by atoms with Crippen LogP contribution in [0.5, 0.6) is 5.75 Å². The van der Waals surface area contributed by atoms with Gasteiger partial charge in [-0.2, -0.15) is 13.2 Å². The van der Waals surface area contributed by atoms with E-state index in [2.05, 4.69) is 24.9 Å². The van der Waals surface area contributed by atoms with Crippen molar-refractivity contribution >= 4 is 33.2 Å². The first kappa shape index (κ1) is 27.8. The molecule has 13 heteroatoms. The second-order valence-electron chi connectivity index (χ2n) is 9.45. The molecule has 4 aromatic rings. The van der Waals surface area contributed by atoms with Gasteiger partial charge in [0.05, 0.1) is 25.8 Å². The Morgan fingerprint density at radius 3 is 2.67 bits per heavy atom. The summed E-state index contributed by atoms with van der Waals surface area (Å²) in [6.45, 7) is 6.74. The van der Waals surface area contributed by atoms with Crippen LogP contribution >= 0.6 is 22.9 Å². The van der Waals surface area contributed by atoms with Crippen molar-refractivity contribution in [1.29, 1.82) is 0 Å². The normalized spacial score (nSPS) is 16.2. The van der Waals surface area contributed by atoms with Crippen molar-refractivity contribution in [2.75, 3.05) is 45.9 Å². The Bertz CT molecular complexity index is 1420. The molecule has 1 atom stereocenters. The molecule has 1 saturated heterocycles. The highest BCUT2D eigenvalue weighted by Gasteiger charge is 2.32. The van der Waals surface area contributed by atoms with Crippen molar-refractivity contribution in [2.24, 2.45) is 0 Å². The SMILES string of the molecule is Cc1nc2cc(OC[C@@H](O)CN3CCN(CCc4cc(-c5ncc(C(F)(F)F)cc5Cl)no4)CC3)ccc2s1. The third kappa shape index (κ3) is 7.06. The van der Waals surface area contributed by atoms with Crippen LogP contribution in [0.15, 0.2) is 41.1 Å². The van der Waals surface area contributed by atoms with Gasteiger partial charge in [0, 0.05) is 64.0 Å². The molecule has 1 aromatic carbocycles. The molecule has 208 valence electrons. The number of halogens is 4. The number of aliphatic hydroxyl groups is 1. The highest BCUT2D eigenvalue weighted by Crippen LogP contribution is 2.34. The van der Waals surface area contributed by atoms with E-state index in [1.165, 1.54) is 0 Å². The lowest BCUT2D eigenvalue weighted by Crippen LogP contribution is -2.49. The number of aryl methyl sites for hydroxylation is 1. The van der Waals surface area contributed by atoms with Gasteiger partial charge in [-0.15, -0.1) is 11.3 Å². The fourth-order valence-corrected chi connectivity index (χ4v) is 5.51. The van der Waals surface area contributed by atoms with Crippen LogP contribution in [0.25, 0.3) is 21.6 Å². The number of ether oxygens (including phenoxy) is 1. The van der Waals surface area contributed by atoms with Crippen molar-refractivity contribution in [3.05, 3.63) is 57.9 Å². The zero-order chi connectivity index (χ0) is 27.6. The number of thiazole rings is 1. The summed E-state index contributed by atoms with van der Waals surface area (Å²) in [6.07, 6.45) is -3.80. The van der Waals surface area contributed by atoms with Crippen LogP contribution in [0.1, 0.15) is 16.3 Å². The van der Waals surface area contributed by atoms with Crippen LogP contribution in [0.2, 0.25) is 5.02 Å². The number of piperazine rings is 1. The quantitative estimate of drug-likeness (QED) is 0.298. The summed E-state index contributed by atoms with van der Waals surface area (Å²) >= 11 is 7.65. The van der Waals surface area contributed by atoms with E-state index in [-0.39, 0.29) is 17.3 Å². The number of hydrogen-bond acceptors (Lipinski definition) is 9. The van der Waals surface area contributed by atoms with Crippen molar-refractivity contribution in [1.82, 2.24) is 24.9 Å². The lowest BCUT2D eigenvalue weighted by molar-refractivity contribution is -0.137. The minimum Gasteiger partial charge on any atom is -0.491 e. The molecule has 8 nitrogen and oxygen atoms in total. The van der Waals surface area contributed by atoms with Crippen molar-refractivity contribution in [3.8, 4) is 17.1 Å². The third-order valence-electron chi connectivity index (χ3n) is 6.49. The van der Waals surface area contributed by atoms with Crippen LogP contribution < -0.4 is 4.74 Å². The fourth-order valence-electron chi connectivity index (χ4n) is 4.44. The van der Waals surface area contributed by atoms with Crippen molar-refractivity contribution in [3.63, 3.8) is 0 Å². The standard InChI is InChI=1S/C26H27ClF3N5O3S/c1-16-32-22-11-19(2-3-24(22)39-16)37-15-18(36)14-35-8-6-34(7-9-35)5-4-20-12-23(33-38-20)25-21(27)10-17(13-31-25)26(28,29)30/h2-3,10-13,18,36H,4-9,14-15H2,1H3/t18-/m0/s1. The average Bonchev–Trinajstić information content (AvgIpc) is 3.52. The molecule has 0 spiro atoms. The van der Waals surface area contributed by atoms with Gasteiger partial charge in [-0.25, -0.2) is 4.98 Å². The maximum atomic E-state index is 12.9. The average molecular weight is 582 g/mol. The first-order valence-corrected chi connectivity index (χ1v) is 13.6. The number of aliphatic hydroxyl groups excluding tert-OH is 1. The molecule has 39 heavy (non-hydrogen) atoms. The summed E-state index contributed by atoms with van der Waals surface area (Å²) in [4.78, 5) is 12.8. The molecule has 4 heterocycles. The molecule has 0 saturated carbocycles. The zero-order valence-corrected chi connectivity index (χ0v) is 22.7. The van der Waals surface area contributed by atoms with Gasteiger partial charge in [0.1, 0.15) is 35.6 Å². The number of pyridine rings is 1. The molecular weight excluding hydrogens is 555 g/mol. The van der Waals surface area contributed by atoms with Crippen molar-refractivity contribution < 1.29 is 27.5 Å². The van der Waals surface area contributed by atoms with Gasteiger partial charge in [-0.1, -0.05) is 16.8 Å². The molecular formula is C26H27ClF3N5O3S. The Morgan fingerprint density at radius 1 is 1.15 bits per heavy atom. The number of β-amino-alcohol motifs (C(OH)–C–C–N with tert-alkyl or cyclic N) is 1. The molecule has 0 amide bonds. The number of alkyl halides is 3. The fraction of sp³-hybridized carbons (Fsp3) is 0.423. The number of rotatable bonds is 9. The van der Waals surface area contributed by atoms with E-state index >= 15 is 0 Å². The van der Waals surface area contributed by atoms with Gasteiger partial charge >= 0.3 is 6.18 Å². The number of benzene rings is 1. The summed E-state index contributed by atoms with van der Waals surface area (Å²) in [5, 5.41) is 15.3. The van der Waals surface area contributed by atoms with Crippen LogP contribution in [0.3, 0.4) is 0 Å². The molecule has 1 aliphatic rings. The van der Waals surface area contributed by atoms with E-state index in [4.69, 9.17) is 20.9 Å². The molecule has 0 radical (unpaired) electrons. The lowest BCUT2D eigenvalue weighted by atomic mass is 10.2. The summed E-state index contributed by atoms with van der Waals surface area (Å²) in [7, 11) is 0. The number of hydrogen-bond donors (Lipinski definition) is 1. The maximum Gasteiger partial charge on any atom is 0.417 e. The van der Waals surface area contributed by atoms with E-state index in [1.54, 1.807) is 17.4 Å². The van der Waals surface area contributed by atoms with Gasteiger partial charge < -0.3 is 19.3 Å². The molecule has 0 bridgehead atoms. The van der Waals surface area contributed by atoms with Crippen LogP contribution in [-0.2, 0) is 12.6 Å². The molecule has 1 N–H and O–H groups in total. The topological polar surface area (TPSA) is 87.8 Å². The van der Waals surface area contributed by atoms with Gasteiger partial charge in [0.2, 0.25) is 0 Å². The monoisotopic (exact) mass is 581 g/mol. The summed E-state index contributed by atoms with van der Waals surface area (Å²) in [5.41, 5.74) is 0.436. The first-order valence-electron chi connectivity index (χ1n) is 12.5. The van der Waals surface area contributed by atoms with Crippen LogP contribution in [0, 0.1) is 6.92 Å². The molecule has 3 aromatic heterocycles. The summed E-state index contributed by atoms with van der Waals surface area (Å²) < 4.78 is 50.8. The van der Waals surface area contributed by atoms with Crippen molar-refractivity contribution in [2.45, 2.75) is 25.6 Å². The predicted molar refractivity (Wildman–Crippen MR) is 142 cm³/mol. The molecule has 0 unspecified atom stereocenters. The Balaban J connectivity index is 1.04. The molecule has 1 fully saturated rings. The van der Waals surface area contributed by atoms with E-state index in [0.717, 1.165) is 60.2 Å². The molecule has 1 aliphatic heterocycles. The second kappa shape index (κ2) is 11.8. The van der Waals surface area contributed by atoms with E-state index in [9.17, 15) is 18.3 Å². The first-order chi connectivity index (χ1) is 18.6. The Hall–Kier alpha value is -2.77. The third-order valence-corrected chi connectivity index (χ3v) is 7.73. The van der Waals surface area contributed by atoms with E-state index in [1.807, 2.05) is 25.1 Å². The van der Waals surface area contributed by atoms with Gasteiger partial charge in [-0.3, -0.25) is 9.88 Å². The van der Waals surface area contributed by atoms with Gasteiger partial charge in [-0.05, 0) is 25.1 Å². The summed E-state index contributed by atoms with van der Waals surface area (Å²) in [5.74, 6) is 1.30. The minimum atomic E-state index is -4.52. The van der Waals surface area contributed by atoms with Crippen LogP contribution in [0.4, 0.5) is 13.2 Å². The van der Waals surface area contributed by atoms with E-state index in [0.29, 0.717) is 30.2 Å². The maximum absolute atomic E-state index is 12.9. The zero-order valence-electron chi connectivity index (χ0n) is 21.1. The number of fused-ring (bicyclic) bond motifs is 1.